The summed E-state index contributed by atoms with van der Waals surface area (Å²) in [7, 11) is 2.63. The zero-order valence-corrected chi connectivity index (χ0v) is 38.4. The van der Waals surface area contributed by atoms with Gasteiger partial charge in [-0.2, -0.15) is 0 Å². The predicted molar refractivity (Wildman–Crippen MR) is 239 cm³/mol. The zero-order valence-electron chi connectivity index (χ0n) is 36.3. The van der Waals surface area contributed by atoms with Crippen LogP contribution in [0.2, 0.25) is 0 Å². The van der Waals surface area contributed by atoms with Gasteiger partial charge in [-0.3, -0.25) is 9.59 Å². The van der Waals surface area contributed by atoms with Gasteiger partial charge in [0, 0.05) is 9.46 Å². The number of alkyl carbamates (subject to hydrolysis) is 2. The van der Waals surface area contributed by atoms with E-state index in [0.717, 1.165) is 72.7 Å². The molecule has 2 aromatic carbocycles. The van der Waals surface area contributed by atoms with Crippen LogP contribution >= 0.6 is 22.6 Å². The van der Waals surface area contributed by atoms with Crippen LogP contribution in [0.5, 0.6) is 0 Å². The standard InChI is InChI=1S/C47H55IN8O6/c1-24-17-47-23-45(47,4)19-35(56(47)40(57)36(24)53-42(59)61-6)39-50-21-33(52-39)29-14-10-27(11-15-29)31-16-30(31)26-8-12-28(13-9-26)32-20-49-38(51-32)34-18-44(3)22-46(44,5)55(34)41(58)37(25(2)48)54-43(60)62-7/h8-15,20-21,24-25,30-31,34-37H,16-19,22-23H2,1-7H3,(H,49,51)(H,50,52)(H,53,59)(H,54,60)/t24?,25?,30-,31-,34+,35+,36+,37+,44+,45+,46-,47-/m1/s1. The Morgan fingerprint density at radius 2 is 1.35 bits per heavy atom. The first-order valence-electron chi connectivity index (χ1n) is 21.8. The number of imidazole rings is 2. The van der Waals surface area contributed by atoms with Crippen molar-refractivity contribution in [2.75, 3.05) is 14.2 Å². The molecule has 14 nitrogen and oxygen atoms in total. The molecular formula is C47H55IN8O6. The maximum Gasteiger partial charge on any atom is 0.407 e. The van der Waals surface area contributed by atoms with Crippen molar-refractivity contribution >= 4 is 46.6 Å². The number of hydrogen-bond acceptors (Lipinski definition) is 8. The summed E-state index contributed by atoms with van der Waals surface area (Å²) in [5, 5.41) is 5.56. The van der Waals surface area contributed by atoms with Crippen LogP contribution in [0.4, 0.5) is 9.59 Å². The van der Waals surface area contributed by atoms with Crippen molar-refractivity contribution < 1.29 is 28.7 Å². The molecule has 3 saturated heterocycles. The van der Waals surface area contributed by atoms with Gasteiger partial charge in [0.1, 0.15) is 23.7 Å². The fraction of sp³-hybridized carbons (Fsp3) is 0.532. The van der Waals surface area contributed by atoms with E-state index in [9.17, 15) is 19.2 Å². The second kappa shape index (κ2) is 14.3. The Labute approximate surface area is 375 Å². The van der Waals surface area contributed by atoms with E-state index in [1.165, 1.54) is 25.3 Å². The predicted octanol–water partition coefficient (Wildman–Crippen LogP) is 7.91. The number of alkyl halides is 1. The number of aromatic nitrogens is 4. The third-order valence-electron chi connectivity index (χ3n) is 16.0. The summed E-state index contributed by atoms with van der Waals surface area (Å²) >= 11 is 2.19. The fourth-order valence-corrected chi connectivity index (χ4v) is 12.6. The van der Waals surface area contributed by atoms with Crippen LogP contribution in [-0.4, -0.2) is 95.0 Å². The Hall–Kier alpha value is -4.93. The Balaban J connectivity index is 0.794. The summed E-state index contributed by atoms with van der Waals surface area (Å²) in [6.45, 7) is 10.6. The normalized spacial score (nSPS) is 34.7. The Kier molecular flexibility index (Phi) is 9.48. The first kappa shape index (κ1) is 41.1. The van der Waals surface area contributed by atoms with E-state index in [2.05, 4.69) is 112 Å². The Morgan fingerprint density at radius 1 is 0.806 bits per heavy atom. The molecule has 3 aliphatic carbocycles. The summed E-state index contributed by atoms with van der Waals surface area (Å²) in [4.78, 5) is 73.2. The number of halogens is 1. The third kappa shape index (κ3) is 6.28. The van der Waals surface area contributed by atoms with Crippen molar-refractivity contribution in [3.63, 3.8) is 0 Å². The molecule has 4 aromatic rings. The van der Waals surface area contributed by atoms with E-state index < -0.39 is 24.3 Å². The van der Waals surface area contributed by atoms with Crippen LogP contribution < -0.4 is 10.6 Å². The Morgan fingerprint density at radius 3 is 1.90 bits per heavy atom. The summed E-state index contributed by atoms with van der Waals surface area (Å²) in [5.74, 6) is 2.27. The monoisotopic (exact) mass is 954 g/mol. The SMILES string of the molecule is COC(=O)N[C@H](C(=O)N1[C@H](c2ncc(-c3ccc([C@H]4C[C@@H]4c4ccc(-c5cnc([C@@H]6C[C@@]7(C)C[C@]78CC(C)[C@H](NC(=O)OC)C(=O)N68)[nH]5)cc4)cc3)[nH]2)C[C@@]2(C)C[C@@]12C)C(C)I. The smallest absolute Gasteiger partial charge is 0.407 e. The molecule has 1 spiro atoms. The molecule has 3 aliphatic heterocycles. The van der Waals surface area contributed by atoms with Gasteiger partial charge in [0.05, 0.1) is 55.6 Å². The number of fused-ring (bicyclic) bond motifs is 1. The van der Waals surface area contributed by atoms with Gasteiger partial charge in [0.2, 0.25) is 11.8 Å². The van der Waals surface area contributed by atoms with E-state index in [4.69, 9.17) is 19.4 Å². The van der Waals surface area contributed by atoms with Gasteiger partial charge in [-0.1, -0.05) is 98.8 Å². The number of carbonyl (C=O) groups excluding carboxylic acids is 4. The van der Waals surface area contributed by atoms with Gasteiger partial charge in [-0.25, -0.2) is 19.6 Å². The van der Waals surface area contributed by atoms with E-state index in [1.54, 1.807) is 0 Å². The number of H-pyrrole nitrogens is 2. The molecule has 3 saturated carbocycles. The average molecular weight is 955 g/mol. The molecule has 2 aromatic heterocycles. The van der Waals surface area contributed by atoms with Crippen LogP contribution in [-0.2, 0) is 19.1 Å². The molecule has 4 amide bonds. The van der Waals surface area contributed by atoms with Crippen molar-refractivity contribution in [1.82, 2.24) is 40.4 Å². The molecule has 15 heteroatoms. The minimum absolute atomic E-state index is 0.0125. The van der Waals surface area contributed by atoms with Crippen LogP contribution in [0, 0.1) is 16.7 Å². The number of hydrogen-bond donors (Lipinski definition) is 4. The van der Waals surface area contributed by atoms with Crippen molar-refractivity contribution in [3.8, 4) is 22.5 Å². The molecule has 0 bridgehead atoms. The van der Waals surface area contributed by atoms with E-state index >= 15 is 0 Å². The average Bonchev–Trinajstić information content (AvgIpc) is 4.02. The number of likely N-dealkylation sites (tertiary alicyclic amines) is 1. The summed E-state index contributed by atoms with van der Waals surface area (Å²) < 4.78 is 9.54. The topological polar surface area (TPSA) is 175 Å². The highest BCUT2D eigenvalue weighted by atomic mass is 127. The fourth-order valence-electron chi connectivity index (χ4n) is 12.1. The number of piperidine rings is 3. The quantitative estimate of drug-likeness (QED) is 0.0917. The van der Waals surface area contributed by atoms with E-state index in [-0.39, 0.29) is 55.6 Å². The number of benzene rings is 2. The highest BCUT2D eigenvalue weighted by Crippen LogP contribution is 2.74. The maximum absolute atomic E-state index is 14.1. The lowest BCUT2D eigenvalue weighted by molar-refractivity contribution is -0.145. The second-order valence-corrected chi connectivity index (χ2v) is 21.7. The van der Waals surface area contributed by atoms with Crippen LogP contribution in [0.3, 0.4) is 0 Å². The molecule has 62 heavy (non-hydrogen) atoms. The van der Waals surface area contributed by atoms with Gasteiger partial charge in [-0.15, -0.1) is 0 Å². The van der Waals surface area contributed by atoms with Crippen molar-refractivity contribution in [1.29, 1.82) is 0 Å². The first-order valence-corrected chi connectivity index (χ1v) is 23.1. The molecule has 0 radical (unpaired) electrons. The molecule has 6 fully saturated rings. The van der Waals surface area contributed by atoms with E-state index in [1.807, 2.05) is 36.0 Å². The van der Waals surface area contributed by atoms with Crippen LogP contribution in [0.15, 0.2) is 60.9 Å². The maximum atomic E-state index is 14.1. The van der Waals surface area contributed by atoms with Gasteiger partial charge in [-0.05, 0) is 96.3 Å². The number of rotatable bonds is 10. The second-order valence-electron chi connectivity index (χ2n) is 19.8. The molecule has 326 valence electrons. The van der Waals surface area contributed by atoms with E-state index in [0.29, 0.717) is 11.8 Å². The number of nitrogens with one attached hydrogen (secondary N) is 4. The van der Waals surface area contributed by atoms with Gasteiger partial charge < -0.3 is 39.9 Å². The van der Waals surface area contributed by atoms with Crippen LogP contribution in [0.1, 0.15) is 120 Å². The Bertz CT molecular complexity index is 2470. The first-order chi connectivity index (χ1) is 29.5. The van der Waals surface area contributed by atoms with Crippen molar-refractivity contribution in [3.05, 3.63) is 83.7 Å². The van der Waals surface area contributed by atoms with Gasteiger partial charge in [0.25, 0.3) is 0 Å². The number of nitrogens with zero attached hydrogens (tertiary/aromatic N) is 4. The number of methoxy groups -OCH3 is 2. The zero-order chi connectivity index (χ0) is 43.7. The number of amides is 4. The number of ether oxygens (including phenoxy) is 2. The molecule has 2 unspecified atom stereocenters. The molecule has 5 heterocycles. The lowest BCUT2D eigenvalue weighted by atomic mass is 9.84. The lowest BCUT2D eigenvalue weighted by Gasteiger charge is -2.44. The molecule has 12 atom stereocenters. The lowest BCUT2D eigenvalue weighted by Crippen LogP contribution is -2.60. The molecule has 10 rings (SSSR count). The number of carbonyl (C=O) groups is 4. The largest absolute Gasteiger partial charge is 0.453 e. The van der Waals surface area contributed by atoms with Crippen molar-refractivity contribution in [2.45, 2.75) is 124 Å². The highest BCUT2D eigenvalue weighted by molar-refractivity contribution is 14.1. The summed E-state index contributed by atoms with van der Waals surface area (Å²) in [6.07, 6.45) is 7.99. The third-order valence-corrected chi connectivity index (χ3v) is 16.7. The van der Waals surface area contributed by atoms with Crippen LogP contribution in [0.25, 0.3) is 22.5 Å². The summed E-state index contributed by atoms with van der Waals surface area (Å²) in [6, 6.07) is 15.7. The van der Waals surface area contributed by atoms with Gasteiger partial charge >= 0.3 is 12.2 Å². The molecular weight excluding hydrogens is 899 g/mol. The summed E-state index contributed by atoms with van der Waals surface area (Å²) in [5.41, 5.74) is 6.04. The molecule has 6 aliphatic rings. The number of aromatic amines is 2. The molecule has 4 N–H and O–H groups in total. The minimum Gasteiger partial charge on any atom is -0.453 e. The van der Waals surface area contributed by atoms with Gasteiger partial charge in [0.15, 0.2) is 0 Å². The highest BCUT2D eigenvalue weighted by Gasteiger charge is 2.77. The van der Waals surface area contributed by atoms with Crippen molar-refractivity contribution in [2.24, 2.45) is 16.7 Å². The minimum atomic E-state index is -0.715.